The lowest BCUT2D eigenvalue weighted by atomic mass is 9.95. The molecular formula is C26H26F4N6. The highest BCUT2D eigenvalue weighted by Gasteiger charge is 2.30. The smallest absolute Gasteiger partial charge is 0.350 e. The third kappa shape index (κ3) is 5.33. The number of halogens is 4. The van der Waals surface area contributed by atoms with Gasteiger partial charge in [-0.2, -0.15) is 18.2 Å². The van der Waals surface area contributed by atoms with Crippen LogP contribution in [-0.4, -0.2) is 32.6 Å². The monoisotopic (exact) mass is 498 g/mol. The number of hydrogen-bond donors (Lipinski definition) is 2. The van der Waals surface area contributed by atoms with Gasteiger partial charge in [0.05, 0.1) is 11.8 Å². The molecule has 10 heteroatoms. The molecular weight excluding hydrogens is 472 g/mol. The Bertz CT molecular complexity index is 1330. The molecule has 0 saturated carbocycles. The summed E-state index contributed by atoms with van der Waals surface area (Å²) in [6, 6.07) is 11.5. The second-order valence-corrected chi connectivity index (χ2v) is 8.99. The molecule has 0 amide bonds. The number of fused-ring (bicyclic) bond motifs is 1. The molecule has 0 unspecified atom stereocenters. The van der Waals surface area contributed by atoms with Crippen molar-refractivity contribution < 1.29 is 17.6 Å². The molecule has 3 heterocycles. The van der Waals surface area contributed by atoms with Crippen LogP contribution in [0.2, 0.25) is 0 Å². The van der Waals surface area contributed by atoms with Crippen molar-refractivity contribution in [1.29, 1.82) is 0 Å². The zero-order valence-corrected chi connectivity index (χ0v) is 19.5. The van der Waals surface area contributed by atoms with Crippen LogP contribution in [0.5, 0.6) is 0 Å². The molecule has 36 heavy (non-hydrogen) atoms. The second kappa shape index (κ2) is 10.2. The summed E-state index contributed by atoms with van der Waals surface area (Å²) >= 11 is 0. The minimum Gasteiger partial charge on any atom is -0.350 e. The number of aromatic nitrogens is 4. The van der Waals surface area contributed by atoms with Crippen molar-refractivity contribution in [2.45, 2.75) is 38.5 Å². The van der Waals surface area contributed by atoms with Crippen LogP contribution in [0, 0.1) is 11.7 Å². The number of rotatable bonds is 7. The van der Waals surface area contributed by atoms with Crippen LogP contribution in [-0.2, 0) is 19.3 Å². The fourth-order valence-electron chi connectivity index (χ4n) is 4.54. The number of piperidine rings is 1. The summed E-state index contributed by atoms with van der Waals surface area (Å²) in [7, 11) is 0. The number of nitrogens with one attached hydrogen (secondary N) is 2. The number of anilines is 1. The summed E-state index contributed by atoms with van der Waals surface area (Å²) in [6.07, 6.45) is 0.237. The van der Waals surface area contributed by atoms with E-state index in [9.17, 15) is 17.6 Å². The zero-order valence-electron chi connectivity index (χ0n) is 19.5. The molecule has 1 aliphatic rings. The van der Waals surface area contributed by atoms with Crippen molar-refractivity contribution in [3.05, 3.63) is 71.7 Å². The molecule has 5 rings (SSSR count). The Labute approximate surface area is 205 Å². The summed E-state index contributed by atoms with van der Waals surface area (Å²) in [5.74, 6) is 1.10. The van der Waals surface area contributed by atoms with Crippen molar-refractivity contribution in [3.63, 3.8) is 0 Å². The molecule has 4 aromatic rings. The van der Waals surface area contributed by atoms with Crippen molar-refractivity contribution >= 4 is 17.1 Å². The van der Waals surface area contributed by atoms with Crippen LogP contribution in [0.4, 0.5) is 23.5 Å². The Hall–Kier alpha value is -3.53. The Kier molecular flexibility index (Phi) is 6.86. The van der Waals surface area contributed by atoms with E-state index in [4.69, 9.17) is 0 Å². The van der Waals surface area contributed by atoms with Crippen LogP contribution in [0.3, 0.4) is 0 Å². The maximum Gasteiger partial charge on any atom is 0.416 e. The van der Waals surface area contributed by atoms with E-state index in [1.807, 2.05) is 4.57 Å². The number of nitrogens with zero attached hydrogens (tertiary/aromatic N) is 4. The highest BCUT2D eigenvalue weighted by molar-refractivity contribution is 5.77. The number of hydrogen-bond acceptors (Lipinski definition) is 5. The third-order valence-corrected chi connectivity index (χ3v) is 6.57. The molecule has 1 aliphatic heterocycles. The fourth-order valence-corrected chi connectivity index (χ4v) is 4.54. The van der Waals surface area contributed by atoms with Gasteiger partial charge in [0, 0.05) is 24.2 Å². The SMILES string of the molecule is Fc1ccccc1CNc1ncc2nc(-c3ccc(C(F)(F)F)cc3)n(CCC3CCNCC3)c2n1. The molecule has 188 valence electrons. The first-order valence-corrected chi connectivity index (χ1v) is 12.0. The molecule has 0 bridgehead atoms. The van der Waals surface area contributed by atoms with Gasteiger partial charge in [-0.3, -0.25) is 0 Å². The van der Waals surface area contributed by atoms with Gasteiger partial charge < -0.3 is 15.2 Å². The van der Waals surface area contributed by atoms with Crippen LogP contribution >= 0.6 is 0 Å². The molecule has 0 aliphatic carbocycles. The van der Waals surface area contributed by atoms with Crippen molar-refractivity contribution in [2.24, 2.45) is 5.92 Å². The fraction of sp³-hybridized carbons (Fsp3) is 0.346. The average Bonchev–Trinajstić information content (AvgIpc) is 3.25. The quantitative estimate of drug-likeness (QED) is 0.322. The number of alkyl halides is 3. The van der Waals surface area contributed by atoms with E-state index < -0.39 is 11.7 Å². The Morgan fingerprint density at radius 3 is 2.47 bits per heavy atom. The summed E-state index contributed by atoms with van der Waals surface area (Å²) < 4.78 is 55.2. The van der Waals surface area contributed by atoms with Gasteiger partial charge in [-0.25, -0.2) is 14.4 Å². The standard InChI is InChI=1S/C26H26F4N6/c27-21-4-2-1-3-19(21)15-32-25-33-16-22-24(35-25)36(14-11-17-9-12-31-13-10-17)23(34-22)18-5-7-20(8-6-18)26(28,29)30/h1-8,16-17,31H,9-15H2,(H,32,33,35). The largest absolute Gasteiger partial charge is 0.416 e. The van der Waals surface area contributed by atoms with Crippen LogP contribution in [0.15, 0.2) is 54.7 Å². The minimum atomic E-state index is -4.40. The summed E-state index contributed by atoms with van der Waals surface area (Å²) in [4.78, 5) is 13.6. The normalized spacial score (nSPS) is 14.9. The van der Waals surface area contributed by atoms with Crippen molar-refractivity contribution in [1.82, 2.24) is 24.8 Å². The van der Waals surface area contributed by atoms with E-state index in [0.29, 0.717) is 46.5 Å². The lowest BCUT2D eigenvalue weighted by molar-refractivity contribution is -0.137. The first-order valence-electron chi connectivity index (χ1n) is 12.0. The maximum atomic E-state index is 14.0. The topological polar surface area (TPSA) is 67.7 Å². The first-order chi connectivity index (χ1) is 17.4. The van der Waals surface area contributed by atoms with E-state index in [1.54, 1.807) is 24.4 Å². The molecule has 2 N–H and O–H groups in total. The average molecular weight is 499 g/mol. The summed E-state index contributed by atoms with van der Waals surface area (Å²) in [5, 5.41) is 6.43. The van der Waals surface area contributed by atoms with Gasteiger partial charge in [0.15, 0.2) is 5.65 Å². The summed E-state index contributed by atoms with van der Waals surface area (Å²) in [5.41, 5.74) is 1.50. The molecule has 0 radical (unpaired) electrons. The number of imidazole rings is 1. The first kappa shape index (κ1) is 24.2. The van der Waals surface area contributed by atoms with E-state index in [1.165, 1.54) is 18.2 Å². The predicted molar refractivity (Wildman–Crippen MR) is 130 cm³/mol. The zero-order chi connectivity index (χ0) is 25.1. The molecule has 2 aromatic carbocycles. The van der Waals surface area contributed by atoms with Crippen LogP contribution in [0.25, 0.3) is 22.6 Å². The highest BCUT2D eigenvalue weighted by atomic mass is 19.4. The van der Waals surface area contributed by atoms with Gasteiger partial charge in [0.1, 0.15) is 17.2 Å². The minimum absolute atomic E-state index is 0.215. The maximum absolute atomic E-state index is 14.0. The van der Waals surface area contributed by atoms with E-state index in [0.717, 1.165) is 44.5 Å². The lowest BCUT2D eigenvalue weighted by Gasteiger charge is -2.23. The third-order valence-electron chi connectivity index (χ3n) is 6.57. The van der Waals surface area contributed by atoms with Gasteiger partial charge in [0.25, 0.3) is 0 Å². The van der Waals surface area contributed by atoms with Crippen molar-refractivity contribution in [2.75, 3.05) is 18.4 Å². The summed E-state index contributed by atoms with van der Waals surface area (Å²) in [6.45, 7) is 2.80. The Balaban J connectivity index is 1.47. The van der Waals surface area contributed by atoms with E-state index in [2.05, 4.69) is 25.6 Å². The molecule has 1 saturated heterocycles. The molecule has 0 atom stereocenters. The van der Waals surface area contributed by atoms with Crippen LogP contribution < -0.4 is 10.6 Å². The highest BCUT2D eigenvalue weighted by Crippen LogP contribution is 2.32. The molecule has 2 aromatic heterocycles. The van der Waals surface area contributed by atoms with E-state index >= 15 is 0 Å². The van der Waals surface area contributed by atoms with Gasteiger partial charge >= 0.3 is 6.18 Å². The molecule has 6 nitrogen and oxygen atoms in total. The number of aryl methyl sites for hydroxylation is 1. The van der Waals surface area contributed by atoms with E-state index in [-0.39, 0.29) is 12.4 Å². The van der Waals surface area contributed by atoms with Crippen LogP contribution in [0.1, 0.15) is 30.4 Å². The second-order valence-electron chi connectivity index (χ2n) is 8.99. The van der Waals surface area contributed by atoms with Gasteiger partial charge in [0.2, 0.25) is 5.95 Å². The van der Waals surface area contributed by atoms with Crippen molar-refractivity contribution in [3.8, 4) is 11.4 Å². The Morgan fingerprint density at radius 2 is 1.75 bits per heavy atom. The molecule has 0 spiro atoms. The lowest BCUT2D eigenvalue weighted by Crippen LogP contribution is -2.28. The van der Waals surface area contributed by atoms with Gasteiger partial charge in [-0.1, -0.05) is 30.3 Å². The predicted octanol–water partition coefficient (Wildman–Crippen LogP) is 5.65. The Morgan fingerprint density at radius 1 is 1.00 bits per heavy atom. The van der Waals surface area contributed by atoms with Gasteiger partial charge in [-0.05, 0) is 56.5 Å². The molecule has 1 fully saturated rings. The van der Waals surface area contributed by atoms with Gasteiger partial charge in [-0.15, -0.1) is 0 Å². The number of benzene rings is 2.